The summed E-state index contributed by atoms with van der Waals surface area (Å²) in [4.78, 5) is 4.44. The van der Waals surface area contributed by atoms with E-state index in [9.17, 15) is 8.42 Å². The molecule has 24 heavy (non-hydrogen) atoms. The minimum Gasteiger partial charge on any atom is -0.355 e. The van der Waals surface area contributed by atoms with E-state index < -0.39 is 10.0 Å². The lowest BCUT2D eigenvalue weighted by Crippen LogP contribution is -2.44. The molecule has 0 amide bonds. The Bertz CT molecular complexity index is 600. The Labute approximate surface area is 146 Å². The lowest BCUT2D eigenvalue weighted by atomic mass is 10.0. The molecule has 1 unspecified atom stereocenters. The van der Waals surface area contributed by atoms with Crippen LogP contribution in [0.4, 0.5) is 0 Å². The first-order valence-electron chi connectivity index (χ1n) is 8.37. The summed E-state index contributed by atoms with van der Waals surface area (Å²) in [6.07, 6.45) is 2.22. The minimum atomic E-state index is -3.46. The predicted octanol–water partition coefficient (Wildman–Crippen LogP) is 1.95. The first kappa shape index (κ1) is 20.4. The second kappa shape index (κ2) is 10.3. The zero-order chi connectivity index (χ0) is 18.0. The van der Waals surface area contributed by atoms with Gasteiger partial charge in [-0.05, 0) is 37.8 Å². The number of nitrogens with one attached hydrogen (secondary N) is 3. The average Bonchev–Trinajstić information content (AvgIpc) is 2.56. The van der Waals surface area contributed by atoms with Gasteiger partial charge in [-0.2, -0.15) is 0 Å². The molecule has 0 spiro atoms. The molecule has 7 heteroatoms. The van der Waals surface area contributed by atoms with Crippen molar-refractivity contribution in [2.24, 2.45) is 10.9 Å². The summed E-state index contributed by atoms with van der Waals surface area (Å²) in [5.41, 5.74) is 0. The van der Waals surface area contributed by atoms with Gasteiger partial charge in [0.1, 0.15) is 0 Å². The van der Waals surface area contributed by atoms with E-state index in [1.165, 1.54) is 0 Å². The van der Waals surface area contributed by atoms with Gasteiger partial charge in [-0.25, -0.2) is 13.1 Å². The van der Waals surface area contributed by atoms with Crippen molar-refractivity contribution in [3.63, 3.8) is 0 Å². The molecule has 0 bridgehead atoms. The van der Waals surface area contributed by atoms with E-state index in [1.807, 2.05) is 0 Å². The summed E-state index contributed by atoms with van der Waals surface area (Å²) in [5, 5.41) is 6.44. The maximum absolute atomic E-state index is 12.1. The molecule has 0 heterocycles. The number of nitrogens with zero attached hydrogens (tertiary/aromatic N) is 1. The van der Waals surface area contributed by atoms with Gasteiger partial charge in [0.05, 0.1) is 4.90 Å². The first-order chi connectivity index (χ1) is 11.3. The summed E-state index contributed by atoms with van der Waals surface area (Å²) < 4.78 is 26.8. The number of rotatable bonds is 9. The fourth-order valence-electron chi connectivity index (χ4n) is 2.13. The molecule has 136 valence electrons. The number of hydrogen-bond donors (Lipinski definition) is 3. The fourth-order valence-corrected chi connectivity index (χ4v) is 3.19. The minimum absolute atomic E-state index is 0.273. The zero-order valence-electron chi connectivity index (χ0n) is 15.0. The highest BCUT2D eigenvalue weighted by molar-refractivity contribution is 7.89. The largest absolute Gasteiger partial charge is 0.355 e. The first-order valence-corrected chi connectivity index (χ1v) is 9.85. The van der Waals surface area contributed by atoms with E-state index in [2.05, 4.69) is 41.1 Å². The summed E-state index contributed by atoms with van der Waals surface area (Å²) in [6, 6.07) is 8.67. The molecule has 1 aromatic carbocycles. The van der Waals surface area contributed by atoms with E-state index >= 15 is 0 Å². The molecule has 0 radical (unpaired) electrons. The van der Waals surface area contributed by atoms with Crippen LogP contribution in [0.2, 0.25) is 0 Å². The second-order valence-corrected chi connectivity index (χ2v) is 7.99. The molecule has 0 aliphatic carbocycles. The van der Waals surface area contributed by atoms with E-state index in [0.29, 0.717) is 24.5 Å². The molecule has 0 aromatic heterocycles. The van der Waals surface area contributed by atoms with E-state index in [0.717, 1.165) is 12.8 Å². The topological polar surface area (TPSA) is 82.6 Å². The summed E-state index contributed by atoms with van der Waals surface area (Å²) in [7, 11) is -1.75. The van der Waals surface area contributed by atoms with Crippen LogP contribution < -0.4 is 15.4 Å². The van der Waals surface area contributed by atoms with Crippen molar-refractivity contribution in [1.29, 1.82) is 0 Å². The fraction of sp³-hybridized carbons (Fsp3) is 0.588. The smallest absolute Gasteiger partial charge is 0.240 e. The molecule has 1 atom stereocenters. The number of aliphatic imine (C=N–C) groups is 1. The molecule has 1 aromatic rings. The van der Waals surface area contributed by atoms with Gasteiger partial charge in [0.25, 0.3) is 0 Å². The van der Waals surface area contributed by atoms with E-state index in [-0.39, 0.29) is 11.4 Å². The standard InChI is InChI=1S/C17H30N4O2S/c1-14(2)10-11-15(3)21-17(18-4)19-12-13-20-24(22,23)16-8-6-5-7-9-16/h5-9,14-15,20H,10-13H2,1-4H3,(H2,18,19,21). The molecule has 0 aliphatic heterocycles. The third-order valence-corrected chi connectivity index (χ3v) is 5.02. The molecular weight excluding hydrogens is 324 g/mol. The van der Waals surface area contributed by atoms with Gasteiger partial charge in [0.15, 0.2) is 5.96 Å². The summed E-state index contributed by atoms with van der Waals surface area (Å²) in [5.74, 6) is 1.36. The second-order valence-electron chi connectivity index (χ2n) is 6.23. The summed E-state index contributed by atoms with van der Waals surface area (Å²) >= 11 is 0. The number of sulfonamides is 1. The Kier molecular flexibility index (Phi) is 8.78. The molecule has 0 fully saturated rings. The molecule has 0 aliphatic rings. The highest BCUT2D eigenvalue weighted by Crippen LogP contribution is 2.07. The van der Waals surface area contributed by atoms with Gasteiger partial charge < -0.3 is 10.6 Å². The SMILES string of the molecule is CN=C(NCCNS(=O)(=O)c1ccccc1)NC(C)CCC(C)C. The highest BCUT2D eigenvalue weighted by Gasteiger charge is 2.12. The van der Waals surface area contributed by atoms with Crippen molar-refractivity contribution in [2.75, 3.05) is 20.1 Å². The van der Waals surface area contributed by atoms with Crippen LogP contribution in [-0.4, -0.2) is 40.6 Å². The monoisotopic (exact) mass is 354 g/mol. The predicted molar refractivity (Wildman–Crippen MR) is 99.7 cm³/mol. The van der Waals surface area contributed by atoms with Gasteiger partial charge in [0, 0.05) is 26.2 Å². The van der Waals surface area contributed by atoms with E-state index in [1.54, 1.807) is 37.4 Å². The Balaban J connectivity index is 2.35. The van der Waals surface area contributed by atoms with Crippen LogP contribution in [0.15, 0.2) is 40.2 Å². The van der Waals surface area contributed by atoms with Crippen LogP contribution in [0.1, 0.15) is 33.6 Å². The van der Waals surface area contributed by atoms with Crippen molar-refractivity contribution < 1.29 is 8.42 Å². The maximum atomic E-state index is 12.1. The van der Waals surface area contributed by atoms with Gasteiger partial charge in [0.2, 0.25) is 10.0 Å². The number of hydrogen-bond acceptors (Lipinski definition) is 3. The van der Waals surface area contributed by atoms with Crippen LogP contribution in [-0.2, 0) is 10.0 Å². The molecule has 0 saturated heterocycles. The average molecular weight is 355 g/mol. The Morgan fingerprint density at radius 2 is 1.75 bits per heavy atom. The van der Waals surface area contributed by atoms with Crippen LogP contribution >= 0.6 is 0 Å². The Hall–Kier alpha value is -1.60. The third kappa shape index (κ3) is 7.79. The van der Waals surface area contributed by atoms with Gasteiger partial charge in [-0.15, -0.1) is 0 Å². The maximum Gasteiger partial charge on any atom is 0.240 e. The van der Waals surface area contributed by atoms with Gasteiger partial charge in [-0.3, -0.25) is 4.99 Å². The van der Waals surface area contributed by atoms with Gasteiger partial charge >= 0.3 is 0 Å². The van der Waals surface area contributed by atoms with Crippen LogP contribution in [0.3, 0.4) is 0 Å². The van der Waals surface area contributed by atoms with Crippen molar-refractivity contribution in [3.05, 3.63) is 30.3 Å². The van der Waals surface area contributed by atoms with E-state index in [4.69, 9.17) is 0 Å². The Morgan fingerprint density at radius 3 is 2.33 bits per heavy atom. The van der Waals surface area contributed by atoms with Crippen LogP contribution in [0.5, 0.6) is 0 Å². The normalized spacial score (nSPS) is 13.8. The molecule has 3 N–H and O–H groups in total. The van der Waals surface area contributed by atoms with Gasteiger partial charge in [-0.1, -0.05) is 32.0 Å². The lowest BCUT2D eigenvalue weighted by molar-refractivity contribution is 0.489. The van der Waals surface area contributed by atoms with Crippen LogP contribution in [0.25, 0.3) is 0 Å². The summed E-state index contributed by atoms with van der Waals surface area (Å²) in [6.45, 7) is 7.28. The number of benzene rings is 1. The lowest BCUT2D eigenvalue weighted by Gasteiger charge is -2.18. The van der Waals surface area contributed by atoms with Crippen LogP contribution in [0, 0.1) is 5.92 Å². The molecule has 6 nitrogen and oxygen atoms in total. The number of guanidine groups is 1. The quantitative estimate of drug-likeness (QED) is 0.360. The third-order valence-electron chi connectivity index (χ3n) is 3.55. The Morgan fingerprint density at radius 1 is 1.08 bits per heavy atom. The molecular formula is C17H30N4O2S. The highest BCUT2D eigenvalue weighted by atomic mass is 32.2. The molecule has 1 rings (SSSR count). The van der Waals surface area contributed by atoms with Crippen molar-refractivity contribution in [3.8, 4) is 0 Å². The molecule has 0 saturated carbocycles. The van der Waals surface area contributed by atoms with Crippen molar-refractivity contribution in [2.45, 2.75) is 44.6 Å². The zero-order valence-corrected chi connectivity index (χ0v) is 15.9. The van der Waals surface area contributed by atoms with Crippen molar-refractivity contribution >= 4 is 16.0 Å². The van der Waals surface area contributed by atoms with Crippen molar-refractivity contribution in [1.82, 2.24) is 15.4 Å².